The number of hydrogen-bond donors (Lipinski definition) is 3. The van der Waals surface area contributed by atoms with Crippen LogP contribution >= 0.6 is 0 Å². The van der Waals surface area contributed by atoms with Gasteiger partial charge in [-0.2, -0.15) is 0 Å². The summed E-state index contributed by atoms with van der Waals surface area (Å²) in [4.78, 5) is 14.4. The number of hydrogen-bond acceptors (Lipinski definition) is 2. The van der Waals surface area contributed by atoms with E-state index >= 15 is 0 Å². The van der Waals surface area contributed by atoms with Crippen LogP contribution in [0.15, 0.2) is 42.5 Å². The van der Waals surface area contributed by atoms with Gasteiger partial charge in [0.25, 0.3) is 0 Å². The summed E-state index contributed by atoms with van der Waals surface area (Å²) in [5.74, 6) is -1.11. The molecule has 0 radical (unpaired) electrons. The van der Waals surface area contributed by atoms with Crippen molar-refractivity contribution in [3.63, 3.8) is 0 Å². The molecule has 2 aromatic carbocycles. The van der Waals surface area contributed by atoms with Gasteiger partial charge in [-0.25, -0.2) is 13.2 Å². The van der Waals surface area contributed by atoms with Crippen molar-refractivity contribution < 1.29 is 23.1 Å². The lowest BCUT2D eigenvalue weighted by Crippen LogP contribution is -2.43. The van der Waals surface area contributed by atoms with Crippen LogP contribution in [0.2, 0.25) is 0 Å². The van der Waals surface area contributed by atoms with Crippen LogP contribution in [-0.2, 0) is 4.79 Å². The second-order valence-corrected chi connectivity index (χ2v) is 8.41. The Kier molecular flexibility index (Phi) is 6.05. The van der Waals surface area contributed by atoms with E-state index in [-0.39, 0.29) is 35.3 Å². The minimum Gasteiger partial charge on any atom is -0.396 e. The van der Waals surface area contributed by atoms with Crippen molar-refractivity contribution in [2.75, 3.05) is 6.61 Å². The summed E-state index contributed by atoms with van der Waals surface area (Å²) in [6, 6.07) is 9.50. The van der Waals surface area contributed by atoms with E-state index in [0.717, 1.165) is 38.2 Å². The Morgan fingerprint density at radius 3 is 2.35 bits per heavy atom. The van der Waals surface area contributed by atoms with Gasteiger partial charge in [-0.05, 0) is 74.1 Å². The zero-order chi connectivity index (χ0) is 22.0. The predicted molar refractivity (Wildman–Crippen MR) is 113 cm³/mol. The molecular weight excluding hydrogens is 405 g/mol. The second-order valence-electron chi connectivity index (χ2n) is 8.41. The number of aliphatic hydroxyl groups excluding tert-OH is 1. The van der Waals surface area contributed by atoms with Crippen molar-refractivity contribution in [3.05, 3.63) is 59.9 Å². The van der Waals surface area contributed by atoms with Gasteiger partial charge in [-0.1, -0.05) is 6.42 Å². The van der Waals surface area contributed by atoms with Gasteiger partial charge in [0.2, 0.25) is 5.91 Å². The molecule has 1 amide bonds. The number of nitrogens with one attached hydrogen (secondary N) is 2. The molecule has 3 aromatic rings. The van der Waals surface area contributed by atoms with Crippen molar-refractivity contribution in [3.8, 4) is 11.3 Å². The van der Waals surface area contributed by atoms with Crippen LogP contribution in [0.5, 0.6) is 0 Å². The van der Waals surface area contributed by atoms with Gasteiger partial charge in [-0.3, -0.25) is 4.79 Å². The van der Waals surface area contributed by atoms with E-state index in [9.17, 15) is 18.0 Å². The van der Waals surface area contributed by atoms with Gasteiger partial charge in [0.1, 0.15) is 17.5 Å². The molecule has 0 bridgehead atoms. The smallest absolute Gasteiger partial charge is 0.223 e. The molecule has 164 valence electrons. The summed E-state index contributed by atoms with van der Waals surface area (Å²) in [6.07, 6.45) is 6.14. The minimum absolute atomic E-state index is 0.0125. The largest absolute Gasteiger partial charge is 0.396 e. The van der Waals surface area contributed by atoms with Crippen LogP contribution in [-0.4, -0.2) is 28.1 Å². The number of carbonyl (C=O) groups excluding carboxylic acids is 1. The Morgan fingerprint density at radius 1 is 1.06 bits per heavy atom. The number of rotatable bonds is 5. The highest BCUT2D eigenvalue weighted by atomic mass is 19.1. The first-order chi connectivity index (χ1) is 14.9. The van der Waals surface area contributed by atoms with Gasteiger partial charge in [0, 0.05) is 35.2 Å². The van der Waals surface area contributed by atoms with E-state index in [0.29, 0.717) is 16.6 Å². The molecule has 7 heteroatoms. The fraction of sp³-hybridized carbons (Fsp3) is 0.375. The number of halogens is 3. The summed E-state index contributed by atoms with van der Waals surface area (Å²) in [5, 5.41) is 12.3. The molecule has 2 fully saturated rings. The fourth-order valence-corrected chi connectivity index (χ4v) is 3.79. The topological polar surface area (TPSA) is 65.1 Å². The Bertz CT molecular complexity index is 1070. The fourth-order valence-electron chi connectivity index (χ4n) is 3.79. The molecule has 0 spiro atoms. The lowest BCUT2D eigenvalue weighted by molar-refractivity contribution is -0.128. The monoisotopic (exact) mass is 430 g/mol. The number of aromatic nitrogens is 1. The lowest BCUT2D eigenvalue weighted by Gasteiger charge is -2.27. The molecule has 3 N–H and O–H groups in total. The maximum absolute atomic E-state index is 13.5. The molecule has 1 aromatic heterocycles. The number of fused-ring (bicyclic) bond motifs is 1. The Balaban J connectivity index is 0.000000158. The van der Waals surface area contributed by atoms with Crippen molar-refractivity contribution in [2.24, 2.45) is 5.92 Å². The number of aromatic amines is 1. The third-order valence-electron chi connectivity index (χ3n) is 6.11. The summed E-state index contributed by atoms with van der Waals surface area (Å²) in [6.45, 7) is 0.185. The van der Waals surface area contributed by atoms with Gasteiger partial charge >= 0.3 is 0 Å². The molecular formula is C24H25F3N2O2. The SMILES string of the molecule is Fc1ccc(-c2cc3cc(F)cc(F)c3[nH]2)cc1.O=C(NC1(CCO)CC1)C1CCC1. The highest BCUT2D eigenvalue weighted by Crippen LogP contribution is 2.39. The zero-order valence-electron chi connectivity index (χ0n) is 17.1. The first-order valence-electron chi connectivity index (χ1n) is 10.6. The van der Waals surface area contributed by atoms with E-state index in [1.807, 2.05) is 0 Å². The highest BCUT2D eigenvalue weighted by Gasteiger charge is 2.44. The van der Waals surface area contributed by atoms with E-state index in [4.69, 9.17) is 5.11 Å². The molecule has 31 heavy (non-hydrogen) atoms. The first kappa shape index (κ1) is 21.4. The number of benzene rings is 2. The third-order valence-corrected chi connectivity index (χ3v) is 6.11. The van der Waals surface area contributed by atoms with Crippen molar-refractivity contribution in [2.45, 2.75) is 44.1 Å². The first-order valence-corrected chi connectivity index (χ1v) is 10.6. The summed E-state index contributed by atoms with van der Waals surface area (Å²) in [7, 11) is 0. The average molecular weight is 430 g/mol. The number of aliphatic hydroxyl groups is 1. The standard InChI is InChI=1S/C14H8F3N.C10H17NO2/c15-10-3-1-8(2-4-10)13-6-9-5-11(16)7-12(17)14(9)18-13;12-7-6-10(4-5-10)11-9(13)8-2-1-3-8/h1-7,18H;8,12H,1-7H2,(H,11,13). The molecule has 0 unspecified atom stereocenters. The molecule has 4 nitrogen and oxygen atoms in total. The van der Waals surface area contributed by atoms with Gasteiger partial charge in [-0.15, -0.1) is 0 Å². The second kappa shape index (κ2) is 8.75. The molecule has 2 saturated carbocycles. The maximum Gasteiger partial charge on any atom is 0.223 e. The van der Waals surface area contributed by atoms with Gasteiger partial charge < -0.3 is 15.4 Å². The Morgan fingerprint density at radius 2 is 1.77 bits per heavy atom. The predicted octanol–water partition coefficient (Wildman–Crippen LogP) is 5.07. The third kappa shape index (κ3) is 4.93. The van der Waals surface area contributed by atoms with Gasteiger partial charge in [0.15, 0.2) is 0 Å². The van der Waals surface area contributed by atoms with Crippen LogP contribution < -0.4 is 5.32 Å². The van der Waals surface area contributed by atoms with Crippen molar-refractivity contribution in [1.29, 1.82) is 0 Å². The zero-order valence-corrected chi connectivity index (χ0v) is 17.1. The summed E-state index contributed by atoms with van der Waals surface area (Å²) < 4.78 is 39.4. The number of H-pyrrole nitrogens is 1. The van der Waals surface area contributed by atoms with E-state index in [1.165, 1.54) is 24.6 Å². The van der Waals surface area contributed by atoms with Crippen molar-refractivity contribution >= 4 is 16.8 Å². The van der Waals surface area contributed by atoms with E-state index in [2.05, 4.69) is 10.3 Å². The van der Waals surface area contributed by atoms with Gasteiger partial charge in [0.05, 0.1) is 5.52 Å². The van der Waals surface area contributed by atoms with Crippen LogP contribution in [0, 0.1) is 23.4 Å². The molecule has 1 heterocycles. The molecule has 5 rings (SSSR count). The van der Waals surface area contributed by atoms with Crippen LogP contribution in [0.4, 0.5) is 13.2 Å². The molecule has 2 aliphatic rings. The average Bonchev–Trinajstić information content (AvgIpc) is 3.28. The van der Waals surface area contributed by atoms with Crippen LogP contribution in [0.1, 0.15) is 38.5 Å². The number of carbonyl (C=O) groups is 1. The molecule has 0 saturated heterocycles. The lowest BCUT2D eigenvalue weighted by atomic mass is 9.84. The quantitative estimate of drug-likeness (QED) is 0.529. The normalized spacial score (nSPS) is 16.9. The van der Waals surface area contributed by atoms with E-state index in [1.54, 1.807) is 18.2 Å². The maximum atomic E-state index is 13.5. The Labute approximate surface area is 178 Å². The minimum atomic E-state index is -0.640. The Hall–Kier alpha value is -2.80. The summed E-state index contributed by atoms with van der Waals surface area (Å²) >= 11 is 0. The molecule has 0 aliphatic heterocycles. The highest BCUT2D eigenvalue weighted by molar-refractivity contribution is 5.86. The van der Waals surface area contributed by atoms with Crippen molar-refractivity contribution in [1.82, 2.24) is 10.3 Å². The van der Waals surface area contributed by atoms with E-state index < -0.39 is 11.6 Å². The molecule has 2 aliphatic carbocycles. The number of amides is 1. The van der Waals surface area contributed by atoms with Crippen LogP contribution in [0.3, 0.4) is 0 Å². The molecule has 0 atom stereocenters. The summed E-state index contributed by atoms with van der Waals surface area (Å²) in [5.41, 5.74) is 1.57. The van der Waals surface area contributed by atoms with Crippen LogP contribution in [0.25, 0.3) is 22.2 Å².